The molecule has 1 atom stereocenters. The first kappa shape index (κ1) is 30.2. The number of rotatable bonds is 10. The standard InChI is InChI=1S/C27H38ClN7O4S/c1-6-25(36)30-21-15-22(24(38-4)16-23(21)34-11-7-18(8-12-34)33(2)3)31-27-29-17-20(28)26(32-27)39-19-9-13-35(14-10-19)40(5)37/h6,15-19H,1,7-14H2,2-5H3,(H,30,36)(H,29,31,32). The van der Waals surface area contributed by atoms with Crippen molar-refractivity contribution in [1.29, 1.82) is 0 Å². The van der Waals surface area contributed by atoms with Gasteiger partial charge in [0.15, 0.2) is 0 Å². The molecule has 2 saturated heterocycles. The summed E-state index contributed by atoms with van der Waals surface area (Å²) in [6, 6.07) is 4.25. The number of amides is 1. The fourth-order valence-corrected chi connectivity index (χ4v) is 5.84. The Labute approximate surface area is 244 Å². The minimum Gasteiger partial charge on any atom is -0.598 e. The van der Waals surface area contributed by atoms with Crippen LogP contribution in [-0.2, 0) is 16.2 Å². The number of ether oxygens (including phenoxy) is 2. The van der Waals surface area contributed by atoms with Crippen LogP contribution in [0.1, 0.15) is 25.7 Å². The molecule has 2 fully saturated rings. The molecule has 1 aromatic heterocycles. The fraction of sp³-hybridized carbons (Fsp3) is 0.519. The number of methoxy groups -OCH3 is 1. The second-order valence-corrected chi connectivity index (χ2v) is 11.9. The molecule has 11 nitrogen and oxygen atoms in total. The van der Waals surface area contributed by atoms with Gasteiger partial charge in [-0.05, 0) is 39.1 Å². The molecular weight excluding hydrogens is 554 g/mol. The third kappa shape index (κ3) is 7.49. The number of hydrogen-bond donors (Lipinski definition) is 2. The van der Waals surface area contributed by atoms with E-state index < -0.39 is 11.4 Å². The van der Waals surface area contributed by atoms with Crippen LogP contribution in [0, 0.1) is 0 Å². The molecule has 1 unspecified atom stereocenters. The Bertz CT molecular complexity index is 1190. The second-order valence-electron chi connectivity index (χ2n) is 10.1. The maximum Gasteiger partial charge on any atom is 0.247 e. The SMILES string of the molecule is C=CC(=O)Nc1cc(Nc2ncc(Cl)c(OC3CCN([S+](C)[O-])CC3)n2)c(OC)cc1N1CCC(N(C)C)CC1. The van der Waals surface area contributed by atoms with E-state index in [1.54, 1.807) is 13.4 Å². The third-order valence-electron chi connectivity index (χ3n) is 7.30. The lowest BCUT2D eigenvalue weighted by atomic mass is 10.0. The van der Waals surface area contributed by atoms with E-state index in [0.717, 1.165) is 44.5 Å². The van der Waals surface area contributed by atoms with Crippen molar-refractivity contribution in [1.82, 2.24) is 19.2 Å². The number of piperidine rings is 2. The summed E-state index contributed by atoms with van der Waals surface area (Å²) in [6.07, 6.45) is 7.79. The van der Waals surface area contributed by atoms with Crippen LogP contribution in [0.2, 0.25) is 5.02 Å². The molecule has 1 aromatic carbocycles. The summed E-state index contributed by atoms with van der Waals surface area (Å²) in [5, 5.41) is 6.44. The zero-order valence-electron chi connectivity index (χ0n) is 23.5. The van der Waals surface area contributed by atoms with Gasteiger partial charge in [0.05, 0.1) is 30.4 Å². The summed E-state index contributed by atoms with van der Waals surface area (Å²) < 4.78 is 25.5. The molecule has 2 aromatic rings. The van der Waals surface area contributed by atoms with Gasteiger partial charge < -0.3 is 34.5 Å². The van der Waals surface area contributed by atoms with Crippen LogP contribution in [0.5, 0.6) is 11.6 Å². The number of carbonyl (C=O) groups is 1. The lowest BCUT2D eigenvalue weighted by molar-refractivity contribution is -0.111. The molecule has 0 radical (unpaired) electrons. The average Bonchev–Trinajstić information content (AvgIpc) is 2.95. The van der Waals surface area contributed by atoms with Crippen molar-refractivity contribution in [3.8, 4) is 11.6 Å². The highest BCUT2D eigenvalue weighted by Gasteiger charge is 2.27. The van der Waals surface area contributed by atoms with Crippen LogP contribution < -0.4 is 25.0 Å². The van der Waals surface area contributed by atoms with Crippen molar-refractivity contribution < 1.29 is 18.8 Å². The number of aromatic nitrogens is 2. The number of hydrogen-bond acceptors (Lipinski definition) is 10. The molecule has 40 heavy (non-hydrogen) atoms. The molecular formula is C27H38ClN7O4S. The lowest BCUT2D eigenvalue weighted by Crippen LogP contribution is -2.42. The van der Waals surface area contributed by atoms with Gasteiger partial charge in [0.2, 0.25) is 17.7 Å². The van der Waals surface area contributed by atoms with Gasteiger partial charge in [0, 0.05) is 62.5 Å². The summed E-state index contributed by atoms with van der Waals surface area (Å²) in [6.45, 7) is 6.65. The first-order valence-electron chi connectivity index (χ1n) is 13.3. The maximum atomic E-state index is 12.3. The molecule has 2 aliphatic rings. The first-order valence-corrected chi connectivity index (χ1v) is 15.2. The molecule has 3 heterocycles. The highest BCUT2D eigenvalue weighted by Crippen LogP contribution is 2.39. The number of nitrogens with zero attached hydrogens (tertiary/aromatic N) is 5. The molecule has 1 amide bonds. The predicted octanol–water partition coefficient (Wildman–Crippen LogP) is 3.67. The Morgan fingerprint density at radius 3 is 2.50 bits per heavy atom. The van der Waals surface area contributed by atoms with Crippen LogP contribution in [0.25, 0.3) is 0 Å². The van der Waals surface area contributed by atoms with Gasteiger partial charge in [0.1, 0.15) is 23.1 Å². The largest absolute Gasteiger partial charge is 0.598 e. The van der Waals surface area contributed by atoms with Gasteiger partial charge in [-0.1, -0.05) is 18.2 Å². The van der Waals surface area contributed by atoms with Gasteiger partial charge in [0.25, 0.3) is 0 Å². The Balaban J connectivity index is 1.56. The summed E-state index contributed by atoms with van der Waals surface area (Å²) >= 11 is 5.37. The number of halogens is 1. The van der Waals surface area contributed by atoms with Crippen LogP contribution in [0.3, 0.4) is 0 Å². The van der Waals surface area contributed by atoms with E-state index in [-0.39, 0.29) is 23.8 Å². The number of benzene rings is 1. The van der Waals surface area contributed by atoms with Crippen LogP contribution in [0.15, 0.2) is 31.0 Å². The fourth-order valence-electron chi connectivity index (χ4n) is 4.98. The van der Waals surface area contributed by atoms with E-state index in [1.165, 1.54) is 12.3 Å². The summed E-state index contributed by atoms with van der Waals surface area (Å²) in [5.41, 5.74) is 2.07. The minimum atomic E-state index is -0.994. The lowest BCUT2D eigenvalue weighted by Gasteiger charge is -2.37. The number of nitrogens with one attached hydrogen (secondary N) is 2. The molecule has 2 N–H and O–H groups in total. The van der Waals surface area contributed by atoms with E-state index >= 15 is 0 Å². The Morgan fingerprint density at radius 1 is 1.20 bits per heavy atom. The average molecular weight is 592 g/mol. The summed E-state index contributed by atoms with van der Waals surface area (Å²) in [5.74, 6) is 0.805. The van der Waals surface area contributed by atoms with Gasteiger partial charge in [-0.2, -0.15) is 4.98 Å². The number of carbonyl (C=O) groups excluding carboxylic acids is 1. The molecule has 0 bridgehead atoms. The zero-order valence-corrected chi connectivity index (χ0v) is 25.1. The quantitative estimate of drug-likeness (QED) is 0.313. The Kier molecular flexibility index (Phi) is 10.4. The minimum absolute atomic E-state index is 0.0915. The Morgan fingerprint density at radius 2 is 1.90 bits per heavy atom. The molecule has 0 aliphatic carbocycles. The van der Waals surface area contributed by atoms with Crippen molar-refractivity contribution in [2.75, 3.05) is 69.2 Å². The van der Waals surface area contributed by atoms with Gasteiger partial charge >= 0.3 is 0 Å². The van der Waals surface area contributed by atoms with E-state index in [1.807, 2.05) is 16.4 Å². The maximum absolute atomic E-state index is 12.3. The molecule has 218 valence electrons. The summed E-state index contributed by atoms with van der Waals surface area (Å²) in [4.78, 5) is 25.7. The first-order chi connectivity index (χ1) is 19.2. The van der Waals surface area contributed by atoms with Gasteiger partial charge in [-0.3, -0.25) is 4.79 Å². The van der Waals surface area contributed by atoms with Gasteiger partial charge in [-0.15, -0.1) is 4.31 Å². The van der Waals surface area contributed by atoms with Crippen molar-refractivity contribution in [2.24, 2.45) is 0 Å². The highest BCUT2D eigenvalue weighted by molar-refractivity contribution is 7.88. The molecule has 2 aliphatic heterocycles. The van der Waals surface area contributed by atoms with Crippen LogP contribution in [-0.4, -0.2) is 95.4 Å². The number of anilines is 4. The van der Waals surface area contributed by atoms with E-state index in [9.17, 15) is 9.35 Å². The third-order valence-corrected chi connectivity index (χ3v) is 8.65. The predicted molar refractivity (Wildman–Crippen MR) is 160 cm³/mol. The monoisotopic (exact) mass is 591 g/mol. The van der Waals surface area contributed by atoms with Crippen LogP contribution in [0.4, 0.5) is 23.0 Å². The van der Waals surface area contributed by atoms with Crippen molar-refractivity contribution in [3.63, 3.8) is 0 Å². The van der Waals surface area contributed by atoms with Crippen molar-refractivity contribution in [2.45, 2.75) is 37.8 Å². The highest BCUT2D eigenvalue weighted by atomic mass is 35.5. The normalized spacial score (nSPS) is 17.9. The molecule has 13 heteroatoms. The van der Waals surface area contributed by atoms with Crippen molar-refractivity contribution >= 4 is 51.9 Å². The van der Waals surface area contributed by atoms with Crippen molar-refractivity contribution in [3.05, 3.63) is 36.0 Å². The molecule has 0 saturated carbocycles. The molecule has 4 rings (SSSR count). The topological polar surface area (TPSA) is 118 Å². The van der Waals surface area contributed by atoms with E-state index in [2.05, 4.69) is 51.1 Å². The smallest absolute Gasteiger partial charge is 0.247 e. The second kappa shape index (κ2) is 13.7. The Hall–Kier alpha value is -2.77. The zero-order chi connectivity index (χ0) is 28.8. The van der Waals surface area contributed by atoms with E-state index in [4.69, 9.17) is 21.1 Å². The van der Waals surface area contributed by atoms with E-state index in [0.29, 0.717) is 41.3 Å². The van der Waals surface area contributed by atoms with Crippen LogP contribution >= 0.6 is 11.6 Å². The molecule has 0 spiro atoms. The summed E-state index contributed by atoms with van der Waals surface area (Å²) in [7, 11) is 5.80. The van der Waals surface area contributed by atoms with Gasteiger partial charge in [-0.25, -0.2) is 4.98 Å².